The second-order valence-electron chi connectivity index (χ2n) is 4.46. The highest BCUT2D eigenvalue weighted by Gasteiger charge is 2.25. The minimum Gasteiger partial charge on any atom is -0.396 e. The van der Waals surface area contributed by atoms with Crippen LogP contribution in [0, 0.1) is 5.92 Å². The standard InChI is InChI=1S/C12H18ClN3/c1-2-5-16(8-9-3-4-9)12-11(14)6-10(13)7-15-12/h6-7,9H,2-5,8,14H2,1H3. The summed E-state index contributed by atoms with van der Waals surface area (Å²) in [6.45, 7) is 4.26. The van der Waals surface area contributed by atoms with E-state index < -0.39 is 0 Å². The first-order chi connectivity index (χ1) is 7.70. The molecule has 1 aromatic heterocycles. The van der Waals surface area contributed by atoms with Gasteiger partial charge in [-0.05, 0) is 31.2 Å². The molecule has 0 atom stereocenters. The van der Waals surface area contributed by atoms with E-state index in [1.807, 2.05) is 0 Å². The van der Waals surface area contributed by atoms with Crippen molar-refractivity contribution >= 4 is 23.1 Å². The summed E-state index contributed by atoms with van der Waals surface area (Å²) in [7, 11) is 0. The third kappa shape index (κ3) is 2.79. The average molecular weight is 240 g/mol. The first-order valence-electron chi connectivity index (χ1n) is 5.86. The van der Waals surface area contributed by atoms with E-state index >= 15 is 0 Å². The molecular formula is C12H18ClN3. The van der Waals surface area contributed by atoms with Gasteiger partial charge in [0.1, 0.15) is 0 Å². The zero-order chi connectivity index (χ0) is 11.5. The van der Waals surface area contributed by atoms with Crippen LogP contribution in [0.2, 0.25) is 5.02 Å². The Hall–Kier alpha value is -0.960. The molecule has 88 valence electrons. The average Bonchev–Trinajstić information content (AvgIpc) is 3.01. The molecule has 1 fully saturated rings. The van der Waals surface area contributed by atoms with Gasteiger partial charge in [0.2, 0.25) is 0 Å². The Labute approximate surface area is 102 Å². The zero-order valence-electron chi connectivity index (χ0n) is 9.62. The number of hydrogen-bond donors (Lipinski definition) is 1. The summed E-state index contributed by atoms with van der Waals surface area (Å²) in [5.41, 5.74) is 6.64. The van der Waals surface area contributed by atoms with Gasteiger partial charge in [-0.3, -0.25) is 0 Å². The lowest BCUT2D eigenvalue weighted by molar-refractivity contribution is 0.700. The Morgan fingerprint density at radius 1 is 1.56 bits per heavy atom. The lowest BCUT2D eigenvalue weighted by Gasteiger charge is -2.24. The Morgan fingerprint density at radius 3 is 2.88 bits per heavy atom. The maximum Gasteiger partial charge on any atom is 0.151 e. The van der Waals surface area contributed by atoms with Crippen LogP contribution in [0.1, 0.15) is 26.2 Å². The molecule has 0 amide bonds. The Morgan fingerprint density at radius 2 is 2.31 bits per heavy atom. The van der Waals surface area contributed by atoms with E-state index in [1.165, 1.54) is 12.8 Å². The minimum absolute atomic E-state index is 0.601. The second kappa shape index (κ2) is 4.91. The quantitative estimate of drug-likeness (QED) is 0.859. The van der Waals surface area contributed by atoms with E-state index in [0.717, 1.165) is 31.2 Å². The number of nitrogens with zero attached hydrogens (tertiary/aromatic N) is 2. The van der Waals surface area contributed by atoms with Gasteiger partial charge in [0, 0.05) is 19.3 Å². The van der Waals surface area contributed by atoms with E-state index in [-0.39, 0.29) is 0 Å². The van der Waals surface area contributed by atoms with Gasteiger partial charge >= 0.3 is 0 Å². The van der Waals surface area contributed by atoms with Crippen molar-refractivity contribution in [3.8, 4) is 0 Å². The Bertz CT molecular complexity index is 363. The topological polar surface area (TPSA) is 42.2 Å². The lowest BCUT2D eigenvalue weighted by atomic mass is 10.3. The Balaban J connectivity index is 2.15. The number of pyridine rings is 1. The van der Waals surface area contributed by atoms with Crippen molar-refractivity contribution in [1.82, 2.24) is 4.98 Å². The van der Waals surface area contributed by atoms with Crippen LogP contribution in [0.3, 0.4) is 0 Å². The molecule has 0 unspecified atom stereocenters. The van der Waals surface area contributed by atoms with Gasteiger partial charge in [-0.1, -0.05) is 18.5 Å². The van der Waals surface area contributed by atoms with Crippen molar-refractivity contribution in [1.29, 1.82) is 0 Å². The molecule has 1 aliphatic rings. The molecular weight excluding hydrogens is 222 g/mol. The van der Waals surface area contributed by atoms with Crippen molar-refractivity contribution < 1.29 is 0 Å². The van der Waals surface area contributed by atoms with Crippen LogP contribution in [0.5, 0.6) is 0 Å². The number of anilines is 2. The molecule has 0 saturated heterocycles. The van der Waals surface area contributed by atoms with E-state index in [0.29, 0.717) is 10.7 Å². The summed E-state index contributed by atoms with van der Waals surface area (Å²) >= 11 is 5.86. The van der Waals surface area contributed by atoms with Gasteiger partial charge in [0.05, 0.1) is 10.7 Å². The molecule has 1 aliphatic carbocycles. The summed E-state index contributed by atoms with van der Waals surface area (Å²) in [5.74, 6) is 1.72. The molecule has 2 N–H and O–H groups in total. The lowest BCUT2D eigenvalue weighted by Crippen LogP contribution is -2.28. The fraction of sp³-hybridized carbons (Fsp3) is 0.583. The summed E-state index contributed by atoms with van der Waals surface area (Å²) in [6, 6.07) is 1.78. The molecule has 2 rings (SSSR count). The van der Waals surface area contributed by atoms with Gasteiger partial charge in [-0.15, -0.1) is 0 Å². The van der Waals surface area contributed by atoms with Gasteiger partial charge in [0.15, 0.2) is 5.82 Å². The molecule has 1 saturated carbocycles. The zero-order valence-corrected chi connectivity index (χ0v) is 10.4. The normalized spacial score (nSPS) is 15.1. The van der Waals surface area contributed by atoms with Crippen LogP contribution in [-0.4, -0.2) is 18.1 Å². The third-order valence-corrected chi connectivity index (χ3v) is 3.04. The predicted molar refractivity (Wildman–Crippen MR) is 68.9 cm³/mol. The maximum atomic E-state index is 5.96. The van der Waals surface area contributed by atoms with E-state index in [9.17, 15) is 0 Å². The molecule has 0 aromatic carbocycles. The molecule has 0 spiro atoms. The summed E-state index contributed by atoms with van der Waals surface area (Å²) in [4.78, 5) is 6.63. The largest absolute Gasteiger partial charge is 0.396 e. The number of rotatable bonds is 5. The van der Waals surface area contributed by atoms with Crippen molar-refractivity contribution in [2.75, 3.05) is 23.7 Å². The van der Waals surface area contributed by atoms with Crippen LogP contribution in [0.15, 0.2) is 12.3 Å². The molecule has 0 radical (unpaired) electrons. The van der Waals surface area contributed by atoms with Crippen LogP contribution >= 0.6 is 11.6 Å². The smallest absolute Gasteiger partial charge is 0.151 e. The van der Waals surface area contributed by atoms with E-state index in [2.05, 4.69) is 16.8 Å². The van der Waals surface area contributed by atoms with E-state index in [4.69, 9.17) is 17.3 Å². The molecule has 16 heavy (non-hydrogen) atoms. The third-order valence-electron chi connectivity index (χ3n) is 2.83. The minimum atomic E-state index is 0.601. The molecule has 1 aromatic rings. The van der Waals surface area contributed by atoms with Crippen LogP contribution in [0.4, 0.5) is 11.5 Å². The van der Waals surface area contributed by atoms with Gasteiger partial charge in [0.25, 0.3) is 0 Å². The highest BCUT2D eigenvalue weighted by molar-refractivity contribution is 6.30. The number of hydrogen-bond acceptors (Lipinski definition) is 3. The molecule has 0 aliphatic heterocycles. The molecule has 1 heterocycles. The fourth-order valence-electron chi connectivity index (χ4n) is 1.88. The monoisotopic (exact) mass is 239 g/mol. The van der Waals surface area contributed by atoms with Crippen molar-refractivity contribution in [2.45, 2.75) is 26.2 Å². The van der Waals surface area contributed by atoms with Crippen LogP contribution in [-0.2, 0) is 0 Å². The summed E-state index contributed by atoms with van der Waals surface area (Å²) in [5, 5.41) is 0.601. The van der Waals surface area contributed by atoms with Crippen molar-refractivity contribution in [2.24, 2.45) is 5.92 Å². The van der Waals surface area contributed by atoms with E-state index in [1.54, 1.807) is 12.3 Å². The highest BCUT2D eigenvalue weighted by atomic mass is 35.5. The van der Waals surface area contributed by atoms with Crippen molar-refractivity contribution in [3.05, 3.63) is 17.3 Å². The van der Waals surface area contributed by atoms with Gasteiger partial charge in [-0.2, -0.15) is 0 Å². The number of nitrogen functional groups attached to an aromatic ring is 1. The van der Waals surface area contributed by atoms with Gasteiger partial charge < -0.3 is 10.6 Å². The second-order valence-corrected chi connectivity index (χ2v) is 4.89. The number of aromatic nitrogens is 1. The number of nitrogens with two attached hydrogens (primary N) is 1. The maximum absolute atomic E-state index is 5.96. The SMILES string of the molecule is CCCN(CC1CC1)c1ncc(Cl)cc1N. The van der Waals surface area contributed by atoms with Crippen LogP contribution < -0.4 is 10.6 Å². The Kier molecular flexibility index (Phi) is 3.54. The summed E-state index contributed by atoms with van der Waals surface area (Å²) < 4.78 is 0. The van der Waals surface area contributed by atoms with Crippen LogP contribution in [0.25, 0.3) is 0 Å². The van der Waals surface area contributed by atoms with Crippen molar-refractivity contribution in [3.63, 3.8) is 0 Å². The van der Waals surface area contributed by atoms with Gasteiger partial charge in [-0.25, -0.2) is 4.98 Å². The molecule has 4 heteroatoms. The predicted octanol–water partition coefficient (Wildman–Crippen LogP) is 2.94. The highest BCUT2D eigenvalue weighted by Crippen LogP contribution is 2.32. The summed E-state index contributed by atoms with van der Waals surface area (Å²) in [6.07, 6.45) is 5.46. The first kappa shape index (κ1) is 11.5. The fourth-order valence-corrected chi connectivity index (χ4v) is 2.04. The first-order valence-corrected chi connectivity index (χ1v) is 6.24. The molecule has 0 bridgehead atoms. The number of halogens is 1. The molecule has 3 nitrogen and oxygen atoms in total.